The minimum atomic E-state index is -0.265. The van der Waals surface area contributed by atoms with Gasteiger partial charge in [-0.05, 0) is 32.0 Å². The summed E-state index contributed by atoms with van der Waals surface area (Å²) in [4.78, 5) is 33.5. The smallest absolute Gasteiger partial charge is 0.276 e. The van der Waals surface area contributed by atoms with E-state index in [4.69, 9.17) is 4.74 Å². The number of benzene rings is 1. The van der Waals surface area contributed by atoms with Crippen LogP contribution in [0, 0.1) is 0 Å². The molecule has 9 nitrogen and oxygen atoms in total. The van der Waals surface area contributed by atoms with Crippen LogP contribution in [0.3, 0.4) is 0 Å². The van der Waals surface area contributed by atoms with E-state index < -0.39 is 0 Å². The van der Waals surface area contributed by atoms with Crippen molar-refractivity contribution in [3.05, 3.63) is 58.7 Å². The SMILES string of the molecule is COc1cc(N2CCN(C)CC2)ccc1Nc1ncc2nc(C3=CCCC=C3)c(=O)[nH]c2n1. The molecule has 33 heavy (non-hydrogen) atoms. The Balaban J connectivity index is 1.40. The first kappa shape index (κ1) is 21.1. The second-order valence-corrected chi connectivity index (χ2v) is 8.28. The Kier molecular flexibility index (Phi) is 5.78. The molecule has 1 aliphatic heterocycles. The lowest BCUT2D eigenvalue weighted by atomic mass is 10.0. The van der Waals surface area contributed by atoms with Gasteiger partial charge in [0.15, 0.2) is 5.65 Å². The number of fused-ring (bicyclic) bond motifs is 1. The van der Waals surface area contributed by atoms with Crippen LogP contribution in [0.1, 0.15) is 18.5 Å². The number of ether oxygens (including phenoxy) is 1. The summed E-state index contributed by atoms with van der Waals surface area (Å²) < 4.78 is 5.62. The molecule has 1 saturated heterocycles. The maximum absolute atomic E-state index is 12.6. The standard InChI is InChI=1S/C24H27N7O2/c1-30-10-12-31(13-11-30)17-8-9-18(20(14-17)33-2)27-24-25-15-19-22(29-24)28-23(32)21(26-19)16-6-4-3-5-7-16/h4,6-9,14-15H,3,5,10-13H2,1-2H3,(H2,25,27,28,29,32). The Morgan fingerprint density at radius 1 is 1.12 bits per heavy atom. The molecule has 0 saturated carbocycles. The van der Waals surface area contributed by atoms with Gasteiger partial charge >= 0.3 is 0 Å². The summed E-state index contributed by atoms with van der Waals surface area (Å²) >= 11 is 0. The zero-order valence-electron chi connectivity index (χ0n) is 18.8. The largest absolute Gasteiger partial charge is 0.494 e. The second-order valence-electron chi connectivity index (χ2n) is 8.28. The van der Waals surface area contributed by atoms with E-state index in [1.807, 2.05) is 30.4 Å². The topological polar surface area (TPSA) is 99.3 Å². The molecule has 0 unspecified atom stereocenters. The zero-order valence-corrected chi connectivity index (χ0v) is 18.8. The number of likely N-dealkylation sites (N-methyl/N-ethyl adjacent to an activating group) is 1. The number of methoxy groups -OCH3 is 1. The van der Waals surface area contributed by atoms with E-state index in [-0.39, 0.29) is 5.56 Å². The van der Waals surface area contributed by atoms with Crippen LogP contribution >= 0.6 is 0 Å². The highest BCUT2D eigenvalue weighted by Crippen LogP contribution is 2.32. The summed E-state index contributed by atoms with van der Waals surface area (Å²) in [5.74, 6) is 1.06. The third-order valence-electron chi connectivity index (χ3n) is 6.02. The molecule has 3 heterocycles. The Morgan fingerprint density at radius 3 is 2.73 bits per heavy atom. The number of nitrogens with zero attached hydrogens (tertiary/aromatic N) is 5. The van der Waals surface area contributed by atoms with Crippen molar-refractivity contribution in [2.75, 3.05) is 50.6 Å². The monoisotopic (exact) mass is 445 g/mol. The highest BCUT2D eigenvalue weighted by molar-refractivity contribution is 5.78. The van der Waals surface area contributed by atoms with Gasteiger partial charge in [0.2, 0.25) is 5.95 Å². The van der Waals surface area contributed by atoms with Gasteiger partial charge in [-0.15, -0.1) is 0 Å². The molecular weight excluding hydrogens is 418 g/mol. The predicted octanol–water partition coefficient (Wildman–Crippen LogP) is 2.95. The van der Waals surface area contributed by atoms with Crippen molar-refractivity contribution >= 4 is 34.1 Å². The Morgan fingerprint density at radius 2 is 1.97 bits per heavy atom. The molecule has 2 N–H and O–H groups in total. The van der Waals surface area contributed by atoms with E-state index in [1.54, 1.807) is 13.3 Å². The molecule has 1 aliphatic carbocycles. The first-order valence-electron chi connectivity index (χ1n) is 11.1. The number of allylic oxidation sites excluding steroid dienone is 4. The van der Waals surface area contributed by atoms with Gasteiger partial charge in [0.05, 0.1) is 19.0 Å². The maximum atomic E-state index is 12.6. The van der Waals surface area contributed by atoms with Gasteiger partial charge < -0.3 is 24.8 Å². The summed E-state index contributed by atoms with van der Waals surface area (Å²) in [6.45, 7) is 4.04. The Bertz CT molecular complexity index is 1290. The van der Waals surface area contributed by atoms with Crippen LogP contribution in [0.5, 0.6) is 5.75 Å². The zero-order chi connectivity index (χ0) is 22.8. The molecule has 1 fully saturated rings. The van der Waals surface area contributed by atoms with Gasteiger partial charge in [-0.25, -0.2) is 9.97 Å². The van der Waals surface area contributed by atoms with Crippen molar-refractivity contribution in [1.82, 2.24) is 24.8 Å². The minimum absolute atomic E-state index is 0.265. The predicted molar refractivity (Wildman–Crippen MR) is 130 cm³/mol. The lowest BCUT2D eigenvalue weighted by molar-refractivity contribution is 0.312. The first-order chi connectivity index (χ1) is 16.1. The Hall–Kier alpha value is -3.72. The quantitative estimate of drug-likeness (QED) is 0.619. The molecule has 2 aliphatic rings. The molecule has 1 aromatic carbocycles. The molecule has 0 amide bonds. The normalized spacial score (nSPS) is 16.7. The van der Waals surface area contributed by atoms with Crippen LogP contribution in [-0.2, 0) is 0 Å². The van der Waals surface area contributed by atoms with Crippen LogP contribution in [0.15, 0.2) is 47.4 Å². The van der Waals surface area contributed by atoms with E-state index >= 15 is 0 Å². The van der Waals surface area contributed by atoms with Crippen molar-refractivity contribution in [1.29, 1.82) is 0 Å². The highest BCUT2D eigenvalue weighted by atomic mass is 16.5. The van der Waals surface area contributed by atoms with Crippen LogP contribution in [0.2, 0.25) is 0 Å². The first-order valence-corrected chi connectivity index (χ1v) is 11.1. The summed E-state index contributed by atoms with van der Waals surface area (Å²) in [5, 5.41) is 3.20. The van der Waals surface area contributed by atoms with E-state index in [0.717, 1.165) is 56.0 Å². The molecular formula is C24H27N7O2. The third-order valence-corrected chi connectivity index (χ3v) is 6.02. The third kappa shape index (κ3) is 4.45. The molecule has 0 atom stereocenters. The number of rotatable bonds is 5. The molecule has 5 rings (SSSR count). The van der Waals surface area contributed by atoms with Gasteiger partial charge in [0.1, 0.15) is 17.0 Å². The van der Waals surface area contributed by atoms with E-state index in [1.165, 1.54) is 0 Å². The lowest BCUT2D eigenvalue weighted by Gasteiger charge is -2.34. The summed E-state index contributed by atoms with van der Waals surface area (Å²) in [6, 6.07) is 6.06. The number of aromatic amines is 1. The molecule has 170 valence electrons. The van der Waals surface area contributed by atoms with Crippen molar-refractivity contribution in [2.24, 2.45) is 0 Å². The van der Waals surface area contributed by atoms with Crippen molar-refractivity contribution in [2.45, 2.75) is 12.8 Å². The number of nitrogens with one attached hydrogen (secondary N) is 2. The van der Waals surface area contributed by atoms with Crippen molar-refractivity contribution in [3.8, 4) is 5.75 Å². The molecule has 2 aromatic heterocycles. The van der Waals surface area contributed by atoms with Crippen LogP contribution in [0.25, 0.3) is 16.7 Å². The average Bonchev–Trinajstić information content (AvgIpc) is 2.85. The molecule has 0 radical (unpaired) electrons. The fourth-order valence-electron chi connectivity index (χ4n) is 4.10. The van der Waals surface area contributed by atoms with Gasteiger partial charge in [-0.2, -0.15) is 4.98 Å². The number of H-pyrrole nitrogens is 1. The van der Waals surface area contributed by atoms with Crippen molar-refractivity contribution < 1.29 is 4.74 Å². The number of piperazine rings is 1. The van der Waals surface area contributed by atoms with E-state index in [9.17, 15) is 4.79 Å². The fraction of sp³-hybridized carbons (Fsp3) is 0.333. The number of hydrogen-bond donors (Lipinski definition) is 2. The number of aromatic nitrogens is 4. The summed E-state index contributed by atoms with van der Waals surface area (Å²) in [6.07, 6.45) is 9.50. The molecule has 0 spiro atoms. The van der Waals surface area contributed by atoms with E-state index in [2.05, 4.69) is 48.2 Å². The van der Waals surface area contributed by atoms with E-state index in [0.29, 0.717) is 28.6 Å². The average molecular weight is 446 g/mol. The molecule has 3 aromatic rings. The molecule has 9 heteroatoms. The van der Waals surface area contributed by atoms with Gasteiger partial charge in [0.25, 0.3) is 5.56 Å². The maximum Gasteiger partial charge on any atom is 0.276 e. The van der Waals surface area contributed by atoms with Gasteiger partial charge in [-0.3, -0.25) is 4.79 Å². The van der Waals surface area contributed by atoms with Crippen molar-refractivity contribution in [3.63, 3.8) is 0 Å². The highest BCUT2D eigenvalue weighted by Gasteiger charge is 2.17. The lowest BCUT2D eigenvalue weighted by Crippen LogP contribution is -2.44. The summed E-state index contributed by atoms with van der Waals surface area (Å²) in [7, 11) is 3.79. The fourth-order valence-corrected chi connectivity index (χ4v) is 4.10. The van der Waals surface area contributed by atoms with Gasteiger partial charge in [-0.1, -0.05) is 18.2 Å². The second kappa shape index (κ2) is 9.03. The minimum Gasteiger partial charge on any atom is -0.494 e. The summed E-state index contributed by atoms with van der Waals surface area (Å²) in [5.41, 5.74) is 3.75. The Labute approximate surface area is 191 Å². The number of anilines is 3. The molecule has 0 bridgehead atoms. The number of hydrogen-bond acceptors (Lipinski definition) is 8. The van der Waals surface area contributed by atoms with Gasteiger partial charge in [0, 0.05) is 43.5 Å². The van der Waals surface area contributed by atoms with Crippen LogP contribution in [0.4, 0.5) is 17.3 Å². The van der Waals surface area contributed by atoms with Crippen LogP contribution in [-0.4, -0.2) is 65.2 Å². The van der Waals surface area contributed by atoms with Crippen LogP contribution < -0.4 is 20.5 Å².